The molecule has 0 bridgehead atoms. The van der Waals surface area contributed by atoms with Gasteiger partial charge in [0.25, 0.3) is 0 Å². The number of benzene rings is 9. The third-order valence-corrected chi connectivity index (χ3v) is 13.3. The van der Waals surface area contributed by atoms with Gasteiger partial charge in [-0.3, -0.25) is 0 Å². The van der Waals surface area contributed by atoms with Gasteiger partial charge in [0.2, 0.25) is 0 Å². The molecule has 11 rings (SSSR count). The first-order valence-electron chi connectivity index (χ1n) is 18.7. The fraction of sp³-hybridized carbons (Fsp3) is 0. The Labute approximate surface area is 327 Å². The average Bonchev–Trinajstić information content (AvgIpc) is 3.83. The van der Waals surface area contributed by atoms with Crippen molar-refractivity contribution in [2.45, 2.75) is 0 Å². The molecule has 0 amide bonds. The SMILES string of the molecule is c1ccc(-c2ccc(-c3ccc4ccccc4c3)cc2N(c2ccccc2-c2cccc3c2sc2ccccc23)c2cccc3c2sc2ccccc23)cc1. The minimum absolute atomic E-state index is 1.14. The lowest BCUT2D eigenvalue weighted by Crippen LogP contribution is -2.13. The lowest BCUT2D eigenvalue weighted by atomic mass is 9.94. The van der Waals surface area contributed by atoms with Gasteiger partial charge in [0, 0.05) is 52.3 Å². The quantitative estimate of drug-likeness (QED) is 0.164. The lowest BCUT2D eigenvalue weighted by molar-refractivity contribution is 1.30. The van der Waals surface area contributed by atoms with E-state index < -0.39 is 0 Å². The molecule has 55 heavy (non-hydrogen) atoms. The molecule has 0 aliphatic carbocycles. The maximum atomic E-state index is 2.55. The fourth-order valence-corrected chi connectivity index (χ4v) is 10.7. The lowest BCUT2D eigenvalue weighted by Gasteiger charge is -2.31. The number of nitrogens with zero attached hydrogens (tertiary/aromatic N) is 1. The smallest absolute Gasteiger partial charge is 0.0640 e. The highest BCUT2D eigenvalue weighted by molar-refractivity contribution is 7.26. The number of thiophene rings is 2. The summed E-state index contributed by atoms with van der Waals surface area (Å²) in [5.41, 5.74) is 10.6. The van der Waals surface area contributed by atoms with Gasteiger partial charge in [-0.1, -0.05) is 164 Å². The van der Waals surface area contributed by atoms with Crippen LogP contribution in [0.1, 0.15) is 0 Å². The Morgan fingerprint density at radius 3 is 1.67 bits per heavy atom. The summed E-state index contributed by atoms with van der Waals surface area (Å²) in [6.07, 6.45) is 0. The molecule has 0 saturated heterocycles. The van der Waals surface area contributed by atoms with Gasteiger partial charge in [-0.2, -0.15) is 0 Å². The number of hydrogen-bond donors (Lipinski definition) is 0. The van der Waals surface area contributed by atoms with Gasteiger partial charge in [-0.15, -0.1) is 22.7 Å². The van der Waals surface area contributed by atoms with Crippen LogP contribution in [-0.2, 0) is 0 Å². The number of hydrogen-bond acceptors (Lipinski definition) is 3. The second-order valence-corrected chi connectivity index (χ2v) is 16.1. The first-order chi connectivity index (χ1) is 27.3. The molecule has 9 aromatic carbocycles. The van der Waals surface area contributed by atoms with Crippen molar-refractivity contribution in [1.82, 2.24) is 0 Å². The Hall–Kier alpha value is -6.52. The molecular weight excluding hydrogens is 703 g/mol. The van der Waals surface area contributed by atoms with Crippen molar-refractivity contribution in [1.29, 1.82) is 0 Å². The summed E-state index contributed by atoms with van der Waals surface area (Å²) in [7, 11) is 0. The molecule has 0 fully saturated rings. The average molecular weight is 736 g/mol. The minimum Gasteiger partial charge on any atom is -0.308 e. The summed E-state index contributed by atoms with van der Waals surface area (Å²) in [5.74, 6) is 0. The van der Waals surface area contributed by atoms with Gasteiger partial charge in [0.05, 0.1) is 21.8 Å². The largest absolute Gasteiger partial charge is 0.308 e. The maximum absolute atomic E-state index is 2.55. The second kappa shape index (κ2) is 13.1. The molecule has 0 aliphatic heterocycles. The van der Waals surface area contributed by atoms with Crippen molar-refractivity contribution < 1.29 is 0 Å². The third-order valence-electron chi connectivity index (χ3n) is 10.9. The van der Waals surface area contributed by atoms with E-state index in [9.17, 15) is 0 Å². The molecule has 0 spiro atoms. The molecule has 0 radical (unpaired) electrons. The molecule has 3 heteroatoms. The molecule has 0 atom stereocenters. The Morgan fingerprint density at radius 2 is 0.855 bits per heavy atom. The van der Waals surface area contributed by atoms with Gasteiger partial charge < -0.3 is 4.90 Å². The van der Waals surface area contributed by atoms with Gasteiger partial charge in [-0.05, 0) is 63.9 Å². The van der Waals surface area contributed by atoms with Crippen molar-refractivity contribution in [2.75, 3.05) is 4.90 Å². The molecule has 2 aromatic heterocycles. The normalized spacial score (nSPS) is 11.6. The molecule has 258 valence electrons. The highest BCUT2D eigenvalue weighted by Crippen LogP contribution is 2.51. The zero-order valence-corrected chi connectivity index (χ0v) is 31.4. The van der Waals surface area contributed by atoms with Gasteiger partial charge >= 0.3 is 0 Å². The van der Waals surface area contributed by atoms with E-state index in [-0.39, 0.29) is 0 Å². The van der Waals surface area contributed by atoms with Crippen LogP contribution in [0.5, 0.6) is 0 Å². The van der Waals surface area contributed by atoms with Gasteiger partial charge in [0.15, 0.2) is 0 Å². The van der Waals surface area contributed by atoms with Crippen LogP contribution in [0.25, 0.3) is 84.5 Å². The summed E-state index contributed by atoms with van der Waals surface area (Å²) >= 11 is 3.76. The molecule has 11 aromatic rings. The molecule has 0 N–H and O–H groups in total. The molecule has 0 saturated carbocycles. The molecule has 2 heterocycles. The summed E-state index contributed by atoms with van der Waals surface area (Å²) in [6.45, 7) is 0. The third kappa shape index (κ3) is 5.35. The highest BCUT2D eigenvalue weighted by atomic mass is 32.1. The van der Waals surface area contributed by atoms with E-state index in [0.29, 0.717) is 0 Å². The monoisotopic (exact) mass is 735 g/mol. The Bertz CT molecular complexity index is 3220. The van der Waals surface area contributed by atoms with Gasteiger partial charge in [-0.25, -0.2) is 0 Å². The number of anilines is 3. The minimum atomic E-state index is 1.14. The van der Waals surface area contributed by atoms with E-state index in [2.05, 4.69) is 205 Å². The number of fused-ring (bicyclic) bond motifs is 7. The zero-order chi connectivity index (χ0) is 36.3. The van der Waals surface area contributed by atoms with Crippen LogP contribution in [-0.4, -0.2) is 0 Å². The Morgan fingerprint density at radius 1 is 0.291 bits per heavy atom. The van der Waals surface area contributed by atoms with E-state index in [0.717, 1.165) is 11.4 Å². The molecule has 1 nitrogen and oxygen atoms in total. The van der Waals surface area contributed by atoms with Crippen molar-refractivity contribution in [3.8, 4) is 33.4 Å². The van der Waals surface area contributed by atoms with E-state index in [1.807, 2.05) is 22.7 Å². The highest BCUT2D eigenvalue weighted by Gasteiger charge is 2.25. The maximum Gasteiger partial charge on any atom is 0.0640 e. The zero-order valence-electron chi connectivity index (χ0n) is 29.8. The predicted molar refractivity (Wildman–Crippen MR) is 241 cm³/mol. The van der Waals surface area contributed by atoms with Crippen LogP contribution in [0.4, 0.5) is 17.1 Å². The first kappa shape index (κ1) is 32.0. The van der Waals surface area contributed by atoms with Crippen LogP contribution in [0, 0.1) is 0 Å². The van der Waals surface area contributed by atoms with E-state index in [4.69, 9.17) is 0 Å². The van der Waals surface area contributed by atoms with Crippen LogP contribution < -0.4 is 4.90 Å². The Balaban J connectivity index is 1.24. The summed E-state index contributed by atoms with van der Waals surface area (Å²) in [6, 6.07) is 73.5. The van der Waals surface area contributed by atoms with Crippen LogP contribution in [0.2, 0.25) is 0 Å². The predicted octanol–water partition coefficient (Wildman–Crippen LogP) is 16.0. The van der Waals surface area contributed by atoms with Crippen molar-refractivity contribution in [3.05, 3.63) is 200 Å². The number of para-hydroxylation sites is 1. The van der Waals surface area contributed by atoms with Gasteiger partial charge in [0.1, 0.15) is 0 Å². The van der Waals surface area contributed by atoms with Crippen molar-refractivity contribution in [2.24, 2.45) is 0 Å². The van der Waals surface area contributed by atoms with Crippen molar-refractivity contribution >= 4 is 90.9 Å². The van der Waals surface area contributed by atoms with Crippen LogP contribution in [0.15, 0.2) is 200 Å². The second-order valence-electron chi connectivity index (χ2n) is 14.0. The standard InChI is InChI=1S/C52H33NS2/c1-2-15-35(16-3-1)39-31-30-38(37-29-28-34-14-4-5-17-36(34)32-37)33-48(39)53(47-25-13-23-45-42-20-8-11-27-50(42)55-52(45)47)46-24-9-6-18-40(46)43-21-12-22-44-41-19-7-10-26-49(41)54-51(43)44/h1-33H. The number of rotatable bonds is 6. The molecule has 0 unspecified atom stereocenters. The summed E-state index contributed by atoms with van der Waals surface area (Å²) < 4.78 is 5.18. The summed E-state index contributed by atoms with van der Waals surface area (Å²) in [4.78, 5) is 2.55. The summed E-state index contributed by atoms with van der Waals surface area (Å²) in [5, 5.41) is 7.66. The first-order valence-corrected chi connectivity index (χ1v) is 20.3. The molecule has 0 aliphatic rings. The fourth-order valence-electron chi connectivity index (χ4n) is 8.28. The molecular formula is C52H33NS2. The van der Waals surface area contributed by atoms with E-state index >= 15 is 0 Å². The van der Waals surface area contributed by atoms with Crippen LogP contribution >= 0.6 is 22.7 Å². The van der Waals surface area contributed by atoms with Crippen molar-refractivity contribution in [3.63, 3.8) is 0 Å². The Kier molecular flexibility index (Phi) is 7.61. The topological polar surface area (TPSA) is 3.24 Å². The van der Waals surface area contributed by atoms with E-state index in [1.54, 1.807) is 0 Å². The van der Waals surface area contributed by atoms with E-state index in [1.165, 1.54) is 90.2 Å². The van der Waals surface area contributed by atoms with Crippen LogP contribution in [0.3, 0.4) is 0 Å².